The number of nitrogens with one attached hydrogen (secondary N) is 2. The third-order valence-electron chi connectivity index (χ3n) is 4.01. The Morgan fingerprint density at radius 2 is 1.83 bits per heavy atom. The zero-order chi connectivity index (χ0) is 17.3. The Morgan fingerprint density at radius 1 is 1.17 bits per heavy atom. The van der Waals surface area contributed by atoms with E-state index in [1.54, 1.807) is 24.3 Å². The minimum absolute atomic E-state index is 0.176. The Hall–Kier alpha value is -3.08. The van der Waals surface area contributed by atoms with Crippen LogP contribution < -0.4 is 10.7 Å². The van der Waals surface area contributed by atoms with Crippen LogP contribution in [-0.2, 0) is 11.2 Å². The highest BCUT2D eigenvalue weighted by Crippen LogP contribution is 2.33. The third-order valence-corrected chi connectivity index (χ3v) is 4.01. The van der Waals surface area contributed by atoms with Crippen LogP contribution in [0.4, 0.5) is 5.69 Å². The van der Waals surface area contributed by atoms with Crippen molar-refractivity contribution in [3.8, 4) is 5.75 Å². The molecule has 5 nitrogen and oxygen atoms in total. The smallest absolute Gasteiger partial charge is 0.244 e. The quantitative estimate of drug-likeness (QED) is 0.761. The Bertz CT molecular complexity index is 852. The van der Waals surface area contributed by atoms with Crippen molar-refractivity contribution in [3.05, 3.63) is 70.9 Å². The molecule has 0 atom stereocenters. The SMILES string of the molecule is C=C1Nc2c(C)ccc(C)c2/C1=N/NC(=O)Cc1ccc(O)cc1. The number of benzene rings is 2. The van der Waals surface area contributed by atoms with E-state index in [2.05, 4.69) is 22.4 Å². The lowest BCUT2D eigenvalue weighted by molar-refractivity contribution is -0.120. The number of rotatable bonds is 3. The van der Waals surface area contributed by atoms with Crippen LogP contribution in [-0.4, -0.2) is 16.7 Å². The fraction of sp³-hybridized carbons (Fsp3) is 0.158. The van der Waals surface area contributed by atoms with E-state index in [9.17, 15) is 9.90 Å². The Balaban J connectivity index is 1.78. The van der Waals surface area contributed by atoms with Crippen LogP contribution >= 0.6 is 0 Å². The van der Waals surface area contributed by atoms with Crippen LogP contribution in [0.5, 0.6) is 5.75 Å². The third kappa shape index (κ3) is 3.01. The van der Waals surface area contributed by atoms with Crippen LogP contribution in [0, 0.1) is 13.8 Å². The molecular formula is C19H19N3O2. The molecule has 1 amide bonds. The zero-order valence-corrected chi connectivity index (χ0v) is 13.7. The Morgan fingerprint density at radius 3 is 2.54 bits per heavy atom. The van der Waals surface area contributed by atoms with Gasteiger partial charge >= 0.3 is 0 Å². The second-order valence-electron chi connectivity index (χ2n) is 5.89. The van der Waals surface area contributed by atoms with Crippen LogP contribution in [0.2, 0.25) is 0 Å². The van der Waals surface area contributed by atoms with E-state index in [0.717, 1.165) is 27.9 Å². The first-order chi connectivity index (χ1) is 11.5. The second kappa shape index (κ2) is 6.20. The van der Waals surface area contributed by atoms with Gasteiger partial charge in [0, 0.05) is 5.56 Å². The first kappa shape index (κ1) is 15.8. The number of fused-ring (bicyclic) bond motifs is 1. The van der Waals surface area contributed by atoms with Gasteiger partial charge in [-0.05, 0) is 42.7 Å². The normalized spacial score (nSPS) is 14.4. The average Bonchev–Trinajstić information content (AvgIpc) is 2.89. The topological polar surface area (TPSA) is 73.7 Å². The zero-order valence-electron chi connectivity index (χ0n) is 13.7. The molecule has 1 aliphatic rings. The van der Waals surface area contributed by atoms with Gasteiger partial charge in [0.15, 0.2) is 0 Å². The molecule has 0 fully saturated rings. The fourth-order valence-electron chi connectivity index (χ4n) is 2.72. The molecule has 24 heavy (non-hydrogen) atoms. The number of anilines is 1. The number of aryl methyl sites for hydroxylation is 2. The Kier molecular flexibility index (Phi) is 4.08. The summed E-state index contributed by atoms with van der Waals surface area (Å²) in [5.74, 6) is -0.0464. The first-order valence-electron chi connectivity index (χ1n) is 7.67. The minimum Gasteiger partial charge on any atom is -0.508 e. The maximum atomic E-state index is 12.1. The van der Waals surface area contributed by atoms with Gasteiger partial charge in [0.2, 0.25) is 5.91 Å². The van der Waals surface area contributed by atoms with E-state index in [4.69, 9.17) is 0 Å². The summed E-state index contributed by atoms with van der Waals surface area (Å²) in [7, 11) is 0. The van der Waals surface area contributed by atoms with Gasteiger partial charge < -0.3 is 10.4 Å². The first-order valence-corrected chi connectivity index (χ1v) is 7.67. The molecule has 1 heterocycles. The summed E-state index contributed by atoms with van der Waals surface area (Å²) in [6, 6.07) is 10.6. The number of allylic oxidation sites excluding steroid dienone is 1. The number of phenols is 1. The van der Waals surface area contributed by atoms with Crippen molar-refractivity contribution in [1.29, 1.82) is 0 Å². The van der Waals surface area contributed by atoms with Gasteiger partial charge in [-0.3, -0.25) is 4.79 Å². The van der Waals surface area contributed by atoms with E-state index in [1.807, 2.05) is 26.0 Å². The van der Waals surface area contributed by atoms with E-state index < -0.39 is 0 Å². The minimum atomic E-state index is -0.222. The summed E-state index contributed by atoms with van der Waals surface area (Å²) in [6.45, 7) is 8.01. The molecular weight excluding hydrogens is 302 g/mol. The fourth-order valence-corrected chi connectivity index (χ4v) is 2.72. The molecule has 0 unspecified atom stereocenters. The van der Waals surface area contributed by atoms with Crippen molar-refractivity contribution < 1.29 is 9.90 Å². The van der Waals surface area contributed by atoms with Crippen molar-refractivity contribution in [2.75, 3.05) is 5.32 Å². The number of hydrogen-bond acceptors (Lipinski definition) is 4. The predicted octanol–water partition coefficient (Wildman–Crippen LogP) is 3.01. The number of carbonyl (C=O) groups is 1. The highest BCUT2D eigenvalue weighted by atomic mass is 16.3. The molecule has 2 aromatic carbocycles. The molecule has 1 aliphatic heterocycles. The summed E-state index contributed by atoms with van der Waals surface area (Å²) in [4.78, 5) is 12.1. The lowest BCUT2D eigenvalue weighted by Gasteiger charge is -2.06. The van der Waals surface area contributed by atoms with Gasteiger partial charge in [-0.15, -0.1) is 0 Å². The van der Waals surface area contributed by atoms with Crippen molar-refractivity contribution >= 4 is 17.3 Å². The lowest BCUT2D eigenvalue weighted by Crippen LogP contribution is -2.22. The number of hydrogen-bond donors (Lipinski definition) is 3. The van der Waals surface area contributed by atoms with E-state index in [-0.39, 0.29) is 18.1 Å². The van der Waals surface area contributed by atoms with Gasteiger partial charge in [-0.25, -0.2) is 5.43 Å². The molecule has 2 aromatic rings. The largest absolute Gasteiger partial charge is 0.508 e. The summed E-state index contributed by atoms with van der Waals surface area (Å²) in [5.41, 5.74) is 8.88. The van der Waals surface area contributed by atoms with E-state index in [0.29, 0.717) is 11.4 Å². The van der Waals surface area contributed by atoms with Crippen molar-refractivity contribution in [2.45, 2.75) is 20.3 Å². The molecule has 5 heteroatoms. The maximum Gasteiger partial charge on any atom is 0.244 e. The Labute approximate surface area is 140 Å². The highest BCUT2D eigenvalue weighted by molar-refractivity contribution is 6.22. The summed E-state index contributed by atoms with van der Waals surface area (Å²) < 4.78 is 0. The number of aromatic hydroxyl groups is 1. The number of amides is 1. The molecule has 0 spiro atoms. The molecule has 3 rings (SSSR count). The average molecular weight is 321 g/mol. The molecule has 122 valence electrons. The molecule has 0 aromatic heterocycles. The van der Waals surface area contributed by atoms with Gasteiger partial charge in [0.25, 0.3) is 0 Å². The van der Waals surface area contributed by atoms with E-state index >= 15 is 0 Å². The summed E-state index contributed by atoms with van der Waals surface area (Å²) in [6.07, 6.45) is 0.191. The van der Waals surface area contributed by atoms with Gasteiger partial charge in [-0.1, -0.05) is 30.8 Å². The molecule has 0 bridgehead atoms. The molecule has 0 saturated heterocycles. The standard InChI is InChI=1S/C19H19N3O2/c1-11-4-5-12(2)18-17(11)19(13(3)20-18)22-21-16(24)10-14-6-8-15(23)9-7-14/h4-9,20,23H,3,10H2,1-2H3,(H,21,24)/b22-19+. The molecule has 0 radical (unpaired) electrons. The second-order valence-corrected chi connectivity index (χ2v) is 5.89. The van der Waals surface area contributed by atoms with E-state index in [1.165, 1.54) is 0 Å². The molecule has 0 saturated carbocycles. The van der Waals surface area contributed by atoms with Crippen LogP contribution in [0.1, 0.15) is 22.3 Å². The van der Waals surface area contributed by atoms with Gasteiger partial charge in [-0.2, -0.15) is 5.10 Å². The molecule has 3 N–H and O–H groups in total. The maximum absolute atomic E-state index is 12.1. The van der Waals surface area contributed by atoms with Crippen molar-refractivity contribution in [3.63, 3.8) is 0 Å². The number of hydrazone groups is 1. The lowest BCUT2D eigenvalue weighted by atomic mass is 10.0. The van der Waals surface area contributed by atoms with Gasteiger partial charge in [0.05, 0.1) is 17.8 Å². The number of phenolic OH excluding ortho intramolecular Hbond substituents is 1. The predicted molar refractivity (Wildman–Crippen MR) is 95.2 cm³/mol. The van der Waals surface area contributed by atoms with Crippen LogP contribution in [0.3, 0.4) is 0 Å². The van der Waals surface area contributed by atoms with Crippen molar-refractivity contribution in [1.82, 2.24) is 5.43 Å². The summed E-state index contributed by atoms with van der Waals surface area (Å²) in [5, 5.41) is 16.8. The highest BCUT2D eigenvalue weighted by Gasteiger charge is 2.25. The van der Waals surface area contributed by atoms with Crippen molar-refractivity contribution in [2.24, 2.45) is 5.10 Å². The summed E-state index contributed by atoms with van der Waals surface area (Å²) >= 11 is 0. The van der Waals surface area contributed by atoms with Gasteiger partial charge in [0.1, 0.15) is 11.5 Å². The van der Waals surface area contributed by atoms with Crippen LogP contribution in [0.15, 0.2) is 53.8 Å². The number of carbonyl (C=O) groups excluding carboxylic acids is 1. The number of nitrogens with zero attached hydrogens (tertiary/aromatic N) is 1. The van der Waals surface area contributed by atoms with Crippen LogP contribution in [0.25, 0.3) is 0 Å². The molecule has 0 aliphatic carbocycles. The monoisotopic (exact) mass is 321 g/mol.